The van der Waals surface area contributed by atoms with Crippen LogP contribution >= 0.6 is 0 Å². The standard InChI is InChI=1S/C27H33FO4/c1-26-14-12-19(31-25(28)30)16-18(26)8-9-20-21-10-11-23(27(21,2)15-13-22(20)26)32-24(29)17-6-4-3-5-7-17/h3-8,19-23H,9-16H2,1-2H3/t19-,20+,21+,22-,23+,26-,27+/m1/s1. The van der Waals surface area contributed by atoms with E-state index in [4.69, 9.17) is 9.47 Å². The summed E-state index contributed by atoms with van der Waals surface area (Å²) >= 11 is 0. The van der Waals surface area contributed by atoms with Crippen LogP contribution in [-0.4, -0.2) is 24.4 Å². The van der Waals surface area contributed by atoms with Crippen LogP contribution in [0.25, 0.3) is 0 Å². The van der Waals surface area contributed by atoms with Crippen LogP contribution in [0.4, 0.5) is 9.18 Å². The van der Waals surface area contributed by atoms with Gasteiger partial charge in [0.1, 0.15) is 12.2 Å². The zero-order valence-electron chi connectivity index (χ0n) is 19.0. The molecule has 7 atom stereocenters. The van der Waals surface area contributed by atoms with Gasteiger partial charge < -0.3 is 9.47 Å². The van der Waals surface area contributed by atoms with Gasteiger partial charge in [0.15, 0.2) is 0 Å². The van der Waals surface area contributed by atoms with Crippen molar-refractivity contribution in [3.05, 3.63) is 47.5 Å². The van der Waals surface area contributed by atoms with Crippen molar-refractivity contribution >= 4 is 12.2 Å². The fourth-order valence-electron chi connectivity index (χ4n) is 7.78. The molecule has 1 aromatic rings. The Kier molecular flexibility index (Phi) is 5.42. The summed E-state index contributed by atoms with van der Waals surface area (Å²) in [6.07, 6.45) is 7.91. The van der Waals surface area contributed by atoms with Gasteiger partial charge in [-0.15, -0.1) is 4.39 Å². The fraction of sp³-hybridized carbons (Fsp3) is 0.630. The Morgan fingerprint density at radius 2 is 1.75 bits per heavy atom. The van der Waals surface area contributed by atoms with E-state index < -0.39 is 6.22 Å². The molecule has 4 nitrogen and oxygen atoms in total. The van der Waals surface area contributed by atoms with Crippen molar-refractivity contribution in [2.24, 2.45) is 28.6 Å². The van der Waals surface area contributed by atoms with E-state index in [0.29, 0.717) is 29.7 Å². The highest BCUT2D eigenvalue weighted by molar-refractivity contribution is 5.89. The van der Waals surface area contributed by atoms with Crippen LogP contribution < -0.4 is 0 Å². The molecule has 5 heteroatoms. The molecule has 0 amide bonds. The number of halogens is 1. The summed E-state index contributed by atoms with van der Waals surface area (Å²) in [5.41, 5.74) is 2.10. The molecule has 0 spiro atoms. The first-order valence-corrected chi connectivity index (χ1v) is 12.1. The van der Waals surface area contributed by atoms with Gasteiger partial charge in [-0.2, -0.15) is 0 Å². The molecule has 4 aliphatic rings. The van der Waals surface area contributed by atoms with E-state index in [2.05, 4.69) is 19.9 Å². The molecule has 0 unspecified atom stereocenters. The highest BCUT2D eigenvalue weighted by atomic mass is 19.1. The number of esters is 1. The average molecular weight is 441 g/mol. The topological polar surface area (TPSA) is 52.6 Å². The Hall–Kier alpha value is -2.17. The molecule has 32 heavy (non-hydrogen) atoms. The van der Waals surface area contributed by atoms with E-state index in [1.165, 1.54) is 5.57 Å². The van der Waals surface area contributed by atoms with Gasteiger partial charge in [0, 0.05) is 11.8 Å². The first-order valence-electron chi connectivity index (χ1n) is 12.1. The van der Waals surface area contributed by atoms with Crippen molar-refractivity contribution in [3.63, 3.8) is 0 Å². The molecule has 5 rings (SSSR count). The molecule has 1 aromatic carbocycles. The first kappa shape index (κ1) is 21.7. The lowest BCUT2D eigenvalue weighted by molar-refractivity contribution is -0.0785. The van der Waals surface area contributed by atoms with Crippen LogP contribution in [0.15, 0.2) is 42.0 Å². The maximum atomic E-state index is 12.8. The lowest BCUT2D eigenvalue weighted by Crippen LogP contribution is -2.51. The van der Waals surface area contributed by atoms with Crippen molar-refractivity contribution in [2.75, 3.05) is 0 Å². The van der Waals surface area contributed by atoms with Crippen LogP contribution in [0.2, 0.25) is 0 Å². The van der Waals surface area contributed by atoms with Crippen molar-refractivity contribution in [3.8, 4) is 0 Å². The number of ether oxygens (including phenoxy) is 2. The van der Waals surface area contributed by atoms with E-state index in [1.54, 1.807) is 0 Å². The largest absolute Gasteiger partial charge is 0.495 e. The quantitative estimate of drug-likeness (QED) is 0.300. The third kappa shape index (κ3) is 3.48. The van der Waals surface area contributed by atoms with Gasteiger partial charge in [0.25, 0.3) is 0 Å². The van der Waals surface area contributed by atoms with Gasteiger partial charge in [-0.25, -0.2) is 9.59 Å². The van der Waals surface area contributed by atoms with Crippen LogP contribution in [0, 0.1) is 28.6 Å². The molecule has 4 aliphatic carbocycles. The zero-order valence-corrected chi connectivity index (χ0v) is 19.0. The number of hydrogen-bond acceptors (Lipinski definition) is 4. The van der Waals surface area contributed by atoms with Crippen molar-refractivity contribution < 1.29 is 23.5 Å². The maximum Gasteiger partial charge on any atom is 0.495 e. The molecular weight excluding hydrogens is 407 g/mol. The second-order valence-corrected chi connectivity index (χ2v) is 10.9. The van der Waals surface area contributed by atoms with Crippen molar-refractivity contribution in [2.45, 2.75) is 77.4 Å². The number of fused-ring (bicyclic) bond motifs is 5. The summed E-state index contributed by atoms with van der Waals surface area (Å²) in [4.78, 5) is 23.5. The van der Waals surface area contributed by atoms with Gasteiger partial charge in [-0.05, 0) is 80.2 Å². The summed E-state index contributed by atoms with van der Waals surface area (Å²) in [5, 5.41) is 0. The minimum absolute atomic E-state index is 0.0221. The maximum absolute atomic E-state index is 12.8. The molecule has 0 N–H and O–H groups in total. The zero-order chi connectivity index (χ0) is 22.5. The Balaban J connectivity index is 1.33. The lowest BCUT2D eigenvalue weighted by atomic mass is 9.48. The molecule has 172 valence electrons. The van der Waals surface area contributed by atoms with Crippen LogP contribution in [0.3, 0.4) is 0 Å². The summed E-state index contributed by atoms with van der Waals surface area (Å²) in [5.74, 6) is 1.51. The molecule has 0 aliphatic heterocycles. The van der Waals surface area contributed by atoms with Gasteiger partial charge in [-0.1, -0.05) is 43.7 Å². The number of allylic oxidation sites excluding steroid dienone is 1. The third-order valence-electron chi connectivity index (χ3n) is 9.49. The molecular formula is C27H33FO4. The molecule has 3 saturated carbocycles. The summed E-state index contributed by atoms with van der Waals surface area (Å²) < 4.78 is 23.8. The normalized spacial score (nSPS) is 40.3. The van der Waals surface area contributed by atoms with Gasteiger partial charge in [0.05, 0.1) is 5.56 Å². The monoisotopic (exact) mass is 440 g/mol. The Morgan fingerprint density at radius 3 is 2.50 bits per heavy atom. The van der Waals surface area contributed by atoms with E-state index in [9.17, 15) is 14.0 Å². The molecule has 0 aromatic heterocycles. The molecule has 0 radical (unpaired) electrons. The van der Waals surface area contributed by atoms with Crippen molar-refractivity contribution in [1.82, 2.24) is 0 Å². The Morgan fingerprint density at radius 1 is 0.969 bits per heavy atom. The van der Waals surface area contributed by atoms with Crippen LogP contribution in [0.5, 0.6) is 0 Å². The molecule has 3 fully saturated rings. The van der Waals surface area contributed by atoms with Gasteiger partial charge in [-0.3, -0.25) is 0 Å². The highest BCUT2D eigenvalue weighted by Crippen LogP contribution is 2.65. The van der Waals surface area contributed by atoms with E-state index >= 15 is 0 Å². The van der Waals surface area contributed by atoms with Crippen LogP contribution in [-0.2, 0) is 9.47 Å². The average Bonchev–Trinajstić information content (AvgIpc) is 3.10. The number of carbonyl (C=O) groups is 2. The van der Waals surface area contributed by atoms with Crippen LogP contribution in [0.1, 0.15) is 75.6 Å². The van der Waals surface area contributed by atoms with E-state index in [-0.39, 0.29) is 29.0 Å². The highest BCUT2D eigenvalue weighted by Gasteiger charge is 2.59. The minimum atomic E-state index is -1.66. The molecule has 0 saturated heterocycles. The summed E-state index contributed by atoms with van der Waals surface area (Å²) in [6, 6.07) is 9.29. The summed E-state index contributed by atoms with van der Waals surface area (Å²) in [7, 11) is 0. The van der Waals surface area contributed by atoms with Gasteiger partial charge >= 0.3 is 12.2 Å². The minimum Gasteiger partial charge on any atom is -0.458 e. The fourth-order valence-corrected chi connectivity index (χ4v) is 7.78. The number of carbonyl (C=O) groups excluding carboxylic acids is 2. The third-order valence-corrected chi connectivity index (χ3v) is 9.49. The second kappa shape index (κ2) is 8.00. The van der Waals surface area contributed by atoms with Crippen molar-refractivity contribution in [1.29, 1.82) is 0 Å². The smallest absolute Gasteiger partial charge is 0.458 e. The lowest BCUT2D eigenvalue weighted by Gasteiger charge is -2.57. The van der Waals surface area contributed by atoms with E-state index in [1.807, 2.05) is 30.3 Å². The molecule has 0 heterocycles. The second-order valence-electron chi connectivity index (χ2n) is 10.9. The SMILES string of the molecule is C[C@]12CC[C@@H]3[C@@H](CC=C4C[C@H](OC(=O)F)CC[C@]43C)[C@@H]1CC[C@@H]2OC(=O)c1ccccc1. The predicted octanol–water partition coefficient (Wildman–Crippen LogP) is 6.65. The predicted molar refractivity (Wildman–Crippen MR) is 119 cm³/mol. The summed E-state index contributed by atoms with van der Waals surface area (Å²) in [6.45, 7) is 4.71. The number of rotatable bonds is 3. The Labute approximate surface area is 189 Å². The molecule has 0 bridgehead atoms. The first-order chi connectivity index (χ1) is 15.3. The number of benzene rings is 1. The van der Waals surface area contributed by atoms with Gasteiger partial charge in [0.2, 0.25) is 0 Å². The Bertz CT molecular complexity index is 927. The number of hydrogen-bond donors (Lipinski definition) is 0. The van der Waals surface area contributed by atoms with E-state index in [0.717, 1.165) is 44.9 Å².